The molecule has 0 saturated carbocycles. The van der Waals surface area contributed by atoms with Crippen LogP contribution in [-0.2, 0) is 19.9 Å². The summed E-state index contributed by atoms with van der Waals surface area (Å²) < 4.78 is 36.8. The van der Waals surface area contributed by atoms with Gasteiger partial charge < -0.3 is 15.8 Å². The second-order valence-corrected chi connectivity index (χ2v) is 6.00. The molecule has 0 aromatic carbocycles. The highest BCUT2D eigenvalue weighted by molar-refractivity contribution is 7.79. The molecule has 1 rings (SSSR count). The van der Waals surface area contributed by atoms with E-state index in [1.165, 1.54) is 0 Å². The zero-order valence-electron chi connectivity index (χ0n) is 13.1. The predicted octanol–water partition coefficient (Wildman–Crippen LogP) is -0.845. The Bertz CT molecular complexity index is 403. The molecule has 0 spiro atoms. The largest absolute Gasteiger partial charge is 0.394 e. The average Bonchev–Trinajstić information content (AvgIpc) is 2.45. The van der Waals surface area contributed by atoms with E-state index in [1.807, 2.05) is 13.8 Å². The molecule has 1 aliphatic rings. The summed E-state index contributed by atoms with van der Waals surface area (Å²) >= 11 is 0. The molecule has 2 unspecified atom stereocenters. The minimum absolute atomic E-state index is 0.0346. The molecule has 1 heterocycles. The van der Waals surface area contributed by atoms with Crippen LogP contribution in [0.25, 0.3) is 0 Å². The summed E-state index contributed by atoms with van der Waals surface area (Å²) in [5.74, 6) is 0.200. The summed E-state index contributed by atoms with van der Waals surface area (Å²) in [6.45, 7) is 9.09. The van der Waals surface area contributed by atoms with Gasteiger partial charge in [0.25, 0.3) is 0 Å². The van der Waals surface area contributed by atoms with Crippen molar-refractivity contribution in [3.05, 3.63) is 0 Å². The van der Waals surface area contributed by atoms with Gasteiger partial charge in [0.2, 0.25) is 5.91 Å². The Kier molecular flexibility index (Phi) is 10.5. The normalized spacial score (nSPS) is 18.8. The molecule has 5 N–H and O–H groups in total. The number of ether oxygens (including phenoxy) is 1. The van der Waals surface area contributed by atoms with Crippen molar-refractivity contribution in [1.29, 1.82) is 0 Å². The molecule has 2 atom stereocenters. The number of morpholine rings is 1. The van der Waals surface area contributed by atoms with E-state index in [1.54, 1.807) is 0 Å². The maximum absolute atomic E-state index is 11.7. The molecule has 1 saturated heterocycles. The molecular formula is C12H27N3O6S. The third-order valence-corrected chi connectivity index (χ3v) is 3.39. The molecule has 0 bridgehead atoms. The number of nitrogens with zero attached hydrogens (tertiary/aromatic N) is 1. The van der Waals surface area contributed by atoms with Gasteiger partial charge in [0.15, 0.2) is 0 Å². The topological polar surface area (TPSA) is 142 Å². The van der Waals surface area contributed by atoms with Gasteiger partial charge >= 0.3 is 10.4 Å². The maximum Gasteiger partial charge on any atom is 0.394 e. The zero-order chi connectivity index (χ0) is 17.2. The highest BCUT2D eigenvalue weighted by Gasteiger charge is 2.19. The maximum atomic E-state index is 11.7. The molecule has 22 heavy (non-hydrogen) atoms. The van der Waals surface area contributed by atoms with E-state index in [4.69, 9.17) is 28.0 Å². The van der Waals surface area contributed by atoms with Crippen molar-refractivity contribution in [2.75, 3.05) is 39.4 Å². The fourth-order valence-corrected chi connectivity index (χ4v) is 1.79. The molecule has 10 heteroatoms. The van der Waals surface area contributed by atoms with Crippen molar-refractivity contribution in [2.45, 2.75) is 26.3 Å². The van der Waals surface area contributed by atoms with Crippen LogP contribution in [0.1, 0.15) is 20.3 Å². The van der Waals surface area contributed by atoms with E-state index in [0.717, 1.165) is 39.3 Å². The van der Waals surface area contributed by atoms with E-state index in [-0.39, 0.29) is 17.9 Å². The van der Waals surface area contributed by atoms with Crippen molar-refractivity contribution in [1.82, 2.24) is 10.2 Å². The summed E-state index contributed by atoms with van der Waals surface area (Å²) in [5, 5.41) is 2.90. The van der Waals surface area contributed by atoms with Crippen LogP contribution in [0.4, 0.5) is 0 Å². The molecule has 1 fully saturated rings. The number of amides is 1. The molecule has 0 aromatic rings. The summed E-state index contributed by atoms with van der Waals surface area (Å²) in [6.07, 6.45) is 0.929. The highest BCUT2D eigenvalue weighted by atomic mass is 32.3. The first kappa shape index (κ1) is 21.2. The number of nitrogens with two attached hydrogens (primary N) is 1. The Morgan fingerprint density at radius 1 is 1.36 bits per heavy atom. The first-order chi connectivity index (χ1) is 10.1. The Balaban J connectivity index is 0.000000763. The van der Waals surface area contributed by atoms with Crippen LogP contribution >= 0.6 is 0 Å². The Hall–Kier alpha value is -0.780. The fraction of sp³-hybridized carbons (Fsp3) is 0.917. The number of carbonyl (C=O) groups is 1. The molecule has 0 radical (unpaired) electrons. The molecular weight excluding hydrogens is 314 g/mol. The Morgan fingerprint density at radius 2 is 1.86 bits per heavy atom. The third kappa shape index (κ3) is 11.8. The Labute approximate surface area is 131 Å². The van der Waals surface area contributed by atoms with Crippen LogP contribution in [0.3, 0.4) is 0 Å². The van der Waals surface area contributed by atoms with E-state index in [2.05, 4.69) is 10.2 Å². The summed E-state index contributed by atoms with van der Waals surface area (Å²) in [7, 11) is -4.67. The van der Waals surface area contributed by atoms with Gasteiger partial charge in [-0.2, -0.15) is 8.42 Å². The smallest absolute Gasteiger partial charge is 0.379 e. The van der Waals surface area contributed by atoms with E-state index < -0.39 is 10.4 Å². The molecule has 0 aliphatic carbocycles. The number of hydrogen-bond acceptors (Lipinski definition) is 6. The summed E-state index contributed by atoms with van der Waals surface area (Å²) in [6, 6.07) is -0.385. The Morgan fingerprint density at radius 3 is 2.32 bits per heavy atom. The van der Waals surface area contributed by atoms with Crippen LogP contribution in [0.15, 0.2) is 0 Å². The van der Waals surface area contributed by atoms with Gasteiger partial charge in [0, 0.05) is 26.2 Å². The van der Waals surface area contributed by atoms with E-state index in [0.29, 0.717) is 6.54 Å². The molecule has 0 aromatic heterocycles. The highest BCUT2D eigenvalue weighted by Crippen LogP contribution is 2.04. The lowest BCUT2D eigenvalue weighted by Crippen LogP contribution is -2.47. The lowest BCUT2D eigenvalue weighted by molar-refractivity contribution is -0.123. The van der Waals surface area contributed by atoms with Gasteiger partial charge in [-0.1, -0.05) is 20.3 Å². The van der Waals surface area contributed by atoms with Gasteiger partial charge in [0.1, 0.15) is 0 Å². The summed E-state index contributed by atoms with van der Waals surface area (Å²) in [4.78, 5) is 14.0. The lowest BCUT2D eigenvalue weighted by atomic mass is 9.99. The molecule has 9 nitrogen and oxygen atoms in total. The van der Waals surface area contributed by atoms with Crippen molar-refractivity contribution >= 4 is 16.3 Å². The fourth-order valence-electron chi connectivity index (χ4n) is 1.79. The van der Waals surface area contributed by atoms with E-state index >= 15 is 0 Å². The SMILES string of the molecule is CCC(C)C(N)C(=O)NCCN1CCOCC1.O=S(=O)(O)O. The first-order valence-electron chi connectivity index (χ1n) is 7.18. The van der Waals surface area contributed by atoms with Crippen molar-refractivity contribution in [3.8, 4) is 0 Å². The molecule has 1 aliphatic heterocycles. The van der Waals surface area contributed by atoms with Crippen LogP contribution in [0, 0.1) is 5.92 Å². The molecule has 1 amide bonds. The summed E-state index contributed by atoms with van der Waals surface area (Å²) in [5.41, 5.74) is 5.84. The number of carbonyl (C=O) groups excluding carboxylic acids is 1. The minimum atomic E-state index is -4.67. The quantitative estimate of drug-likeness (QED) is 0.458. The second kappa shape index (κ2) is 10.9. The van der Waals surface area contributed by atoms with Gasteiger partial charge in [-0.3, -0.25) is 18.8 Å². The van der Waals surface area contributed by atoms with Crippen molar-refractivity contribution < 1.29 is 27.1 Å². The van der Waals surface area contributed by atoms with Crippen LogP contribution < -0.4 is 11.1 Å². The van der Waals surface area contributed by atoms with Gasteiger partial charge in [-0.15, -0.1) is 0 Å². The first-order valence-corrected chi connectivity index (χ1v) is 8.58. The van der Waals surface area contributed by atoms with Gasteiger partial charge in [-0.05, 0) is 5.92 Å². The lowest BCUT2D eigenvalue weighted by Gasteiger charge is -2.27. The second-order valence-electron chi connectivity index (χ2n) is 5.10. The van der Waals surface area contributed by atoms with Gasteiger partial charge in [-0.25, -0.2) is 0 Å². The number of rotatable bonds is 6. The van der Waals surface area contributed by atoms with Gasteiger partial charge in [0.05, 0.1) is 19.3 Å². The third-order valence-electron chi connectivity index (χ3n) is 3.39. The monoisotopic (exact) mass is 341 g/mol. The number of nitrogens with one attached hydrogen (secondary N) is 1. The van der Waals surface area contributed by atoms with Crippen LogP contribution in [0.2, 0.25) is 0 Å². The van der Waals surface area contributed by atoms with E-state index in [9.17, 15) is 4.79 Å². The van der Waals surface area contributed by atoms with Crippen molar-refractivity contribution in [2.24, 2.45) is 11.7 Å². The van der Waals surface area contributed by atoms with Crippen molar-refractivity contribution in [3.63, 3.8) is 0 Å². The zero-order valence-corrected chi connectivity index (χ0v) is 13.9. The average molecular weight is 341 g/mol. The van der Waals surface area contributed by atoms with Crippen LogP contribution in [0.5, 0.6) is 0 Å². The molecule has 132 valence electrons. The standard InChI is InChI=1S/C12H25N3O2.H2O4S/c1-3-10(2)11(13)12(16)14-4-5-15-6-8-17-9-7-15;1-5(2,3)4/h10-11H,3-9,13H2,1-2H3,(H,14,16);(H2,1,2,3,4). The minimum Gasteiger partial charge on any atom is -0.379 e. The number of hydrogen-bond donors (Lipinski definition) is 4. The predicted molar refractivity (Wildman–Crippen MR) is 81.9 cm³/mol. The van der Waals surface area contributed by atoms with Crippen LogP contribution in [-0.4, -0.2) is 73.8 Å².